The number of benzene rings is 1. The summed E-state index contributed by atoms with van der Waals surface area (Å²) in [6.07, 6.45) is 4.26. The lowest BCUT2D eigenvalue weighted by molar-refractivity contribution is 0.448. The van der Waals surface area contributed by atoms with Crippen LogP contribution in [-0.2, 0) is 15.7 Å². The predicted octanol–water partition coefficient (Wildman–Crippen LogP) is 3.93. The number of sulfone groups is 1. The molecule has 1 unspecified atom stereocenters. The standard InChI is InChI=1S/C15H21ClN2O2S/c1-4-7-11(5-2)18-12-8-6-9-13(21(3,19)20)15(12)17-14(18)10-16/h6,8-9,11H,4-5,7,10H2,1-3H3. The van der Waals surface area contributed by atoms with Crippen LogP contribution in [0.3, 0.4) is 0 Å². The number of hydrogen-bond acceptors (Lipinski definition) is 3. The Morgan fingerprint density at radius 2 is 2.05 bits per heavy atom. The van der Waals surface area contributed by atoms with Crippen LogP contribution in [0.5, 0.6) is 0 Å². The highest BCUT2D eigenvalue weighted by molar-refractivity contribution is 7.91. The van der Waals surface area contributed by atoms with E-state index in [-0.39, 0.29) is 10.8 Å². The highest BCUT2D eigenvalue weighted by atomic mass is 35.5. The number of rotatable bonds is 6. The second kappa shape index (κ2) is 6.36. The Morgan fingerprint density at radius 1 is 1.33 bits per heavy atom. The molecule has 0 saturated carbocycles. The average molecular weight is 329 g/mol. The molecule has 0 N–H and O–H groups in total. The van der Waals surface area contributed by atoms with Crippen molar-refractivity contribution in [3.8, 4) is 0 Å². The Labute approximate surface area is 131 Å². The van der Waals surface area contributed by atoms with Crippen molar-refractivity contribution in [2.45, 2.75) is 49.9 Å². The van der Waals surface area contributed by atoms with Crippen LogP contribution >= 0.6 is 11.6 Å². The van der Waals surface area contributed by atoms with Crippen LogP contribution in [0, 0.1) is 0 Å². The fourth-order valence-electron chi connectivity index (χ4n) is 2.79. The topological polar surface area (TPSA) is 52.0 Å². The van der Waals surface area contributed by atoms with E-state index in [2.05, 4.69) is 23.4 Å². The van der Waals surface area contributed by atoms with Crippen LogP contribution in [0.15, 0.2) is 23.1 Å². The second-order valence-corrected chi connectivity index (χ2v) is 7.53. The number of alkyl halides is 1. The summed E-state index contributed by atoms with van der Waals surface area (Å²) in [5.41, 5.74) is 1.39. The van der Waals surface area contributed by atoms with E-state index in [1.165, 1.54) is 6.26 Å². The van der Waals surface area contributed by atoms with Gasteiger partial charge < -0.3 is 4.57 Å². The number of imidazole rings is 1. The summed E-state index contributed by atoms with van der Waals surface area (Å²) in [5.74, 6) is 1.01. The number of halogens is 1. The van der Waals surface area contributed by atoms with Crippen LogP contribution in [-0.4, -0.2) is 24.2 Å². The number of nitrogens with zero attached hydrogens (tertiary/aromatic N) is 2. The number of aromatic nitrogens is 2. The summed E-state index contributed by atoms with van der Waals surface area (Å²) in [5, 5.41) is 0. The zero-order valence-electron chi connectivity index (χ0n) is 12.6. The minimum atomic E-state index is -3.30. The summed E-state index contributed by atoms with van der Waals surface area (Å²) in [6, 6.07) is 5.59. The van der Waals surface area contributed by atoms with E-state index in [4.69, 9.17) is 11.6 Å². The average Bonchev–Trinajstić information content (AvgIpc) is 2.81. The molecule has 116 valence electrons. The summed E-state index contributed by atoms with van der Waals surface area (Å²) in [7, 11) is -3.30. The minimum Gasteiger partial charge on any atom is -0.324 e. The third kappa shape index (κ3) is 3.09. The monoisotopic (exact) mass is 328 g/mol. The smallest absolute Gasteiger partial charge is 0.177 e. The zero-order valence-corrected chi connectivity index (χ0v) is 14.2. The number of hydrogen-bond donors (Lipinski definition) is 0. The van der Waals surface area contributed by atoms with Crippen molar-refractivity contribution in [1.82, 2.24) is 9.55 Å². The van der Waals surface area contributed by atoms with Gasteiger partial charge in [0, 0.05) is 12.3 Å². The largest absolute Gasteiger partial charge is 0.324 e. The van der Waals surface area contributed by atoms with Gasteiger partial charge in [-0.15, -0.1) is 11.6 Å². The van der Waals surface area contributed by atoms with E-state index in [1.54, 1.807) is 12.1 Å². The highest BCUT2D eigenvalue weighted by Crippen LogP contribution is 2.30. The number of fused-ring (bicyclic) bond motifs is 1. The van der Waals surface area contributed by atoms with Gasteiger partial charge in [0.1, 0.15) is 11.3 Å². The molecule has 6 heteroatoms. The molecular weight excluding hydrogens is 308 g/mol. The van der Waals surface area contributed by atoms with Crippen molar-refractivity contribution >= 4 is 32.5 Å². The van der Waals surface area contributed by atoms with Gasteiger partial charge in [-0.3, -0.25) is 0 Å². The van der Waals surface area contributed by atoms with Gasteiger partial charge in [-0.05, 0) is 25.0 Å². The molecule has 21 heavy (non-hydrogen) atoms. The van der Waals surface area contributed by atoms with Gasteiger partial charge in [0.2, 0.25) is 0 Å². The van der Waals surface area contributed by atoms with E-state index in [0.717, 1.165) is 30.6 Å². The molecule has 0 saturated heterocycles. The van der Waals surface area contributed by atoms with E-state index in [0.29, 0.717) is 11.6 Å². The second-order valence-electron chi connectivity index (χ2n) is 5.28. The highest BCUT2D eigenvalue weighted by Gasteiger charge is 2.21. The first kappa shape index (κ1) is 16.3. The molecule has 1 aromatic carbocycles. The fourth-order valence-corrected chi connectivity index (χ4v) is 3.81. The predicted molar refractivity (Wildman–Crippen MR) is 86.6 cm³/mol. The summed E-state index contributed by atoms with van der Waals surface area (Å²) in [6.45, 7) is 4.27. The normalized spacial score (nSPS) is 13.7. The van der Waals surface area contributed by atoms with Gasteiger partial charge in [0.25, 0.3) is 0 Å². The molecule has 0 radical (unpaired) electrons. The lowest BCUT2D eigenvalue weighted by Crippen LogP contribution is -2.10. The summed E-state index contributed by atoms with van der Waals surface area (Å²) in [4.78, 5) is 4.78. The van der Waals surface area contributed by atoms with Gasteiger partial charge in [0.15, 0.2) is 9.84 Å². The van der Waals surface area contributed by atoms with Crippen molar-refractivity contribution in [3.05, 3.63) is 24.0 Å². The Balaban J connectivity index is 2.76. The zero-order chi connectivity index (χ0) is 15.6. The molecule has 0 spiro atoms. The van der Waals surface area contributed by atoms with Crippen molar-refractivity contribution in [1.29, 1.82) is 0 Å². The van der Waals surface area contributed by atoms with Crippen molar-refractivity contribution < 1.29 is 8.42 Å². The maximum atomic E-state index is 11.9. The quantitative estimate of drug-likeness (QED) is 0.755. The molecule has 1 heterocycles. The maximum Gasteiger partial charge on any atom is 0.177 e. The van der Waals surface area contributed by atoms with Crippen molar-refractivity contribution in [2.24, 2.45) is 0 Å². The minimum absolute atomic E-state index is 0.275. The van der Waals surface area contributed by atoms with Crippen LogP contribution in [0.4, 0.5) is 0 Å². The fraction of sp³-hybridized carbons (Fsp3) is 0.533. The number of para-hydroxylation sites is 1. The molecule has 1 aromatic heterocycles. The van der Waals surface area contributed by atoms with Gasteiger partial charge >= 0.3 is 0 Å². The van der Waals surface area contributed by atoms with Gasteiger partial charge in [0.05, 0.1) is 16.3 Å². The molecule has 0 aliphatic heterocycles. The van der Waals surface area contributed by atoms with Crippen LogP contribution < -0.4 is 0 Å². The Kier molecular flexibility index (Phi) is 4.94. The third-order valence-corrected chi connectivity index (χ3v) is 5.10. The van der Waals surface area contributed by atoms with E-state index >= 15 is 0 Å². The van der Waals surface area contributed by atoms with Gasteiger partial charge in [-0.2, -0.15) is 0 Å². The Bertz CT molecular complexity index is 737. The maximum absolute atomic E-state index is 11.9. The van der Waals surface area contributed by atoms with E-state index < -0.39 is 9.84 Å². The molecule has 0 amide bonds. The molecule has 2 aromatic rings. The first-order chi connectivity index (χ1) is 9.93. The molecule has 0 bridgehead atoms. The van der Waals surface area contributed by atoms with Crippen LogP contribution in [0.25, 0.3) is 11.0 Å². The van der Waals surface area contributed by atoms with Crippen LogP contribution in [0.1, 0.15) is 45.0 Å². The Hall–Kier alpha value is -1.07. The summed E-state index contributed by atoms with van der Waals surface area (Å²) < 4.78 is 26.0. The lowest BCUT2D eigenvalue weighted by atomic mass is 10.1. The SMILES string of the molecule is CCCC(CC)n1c(CCl)nc2c(S(C)(=O)=O)cccc21. The Morgan fingerprint density at radius 3 is 2.57 bits per heavy atom. The molecule has 0 aliphatic carbocycles. The lowest BCUT2D eigenvalue weighted by Gasteiger charge is -2.19. The molecule has 1 atom stereocenters. The first-order valence-electron chi connectivity index (χ1n) is 7.19. The molecule has 0 aliphatic rings. The molecule has 4 nitrogen and oxygen atoms in total. The first-order valence-corrected chi connectivity index (χ1v) is 9.62. The molecular formula is C15H21ClN2O2S. The van der Waals surface area contributed by atoms with Crippen LogP contribution in [0.2, 0.25) is 0 Å². The van der Waals surface area contributed by atoms with Gasteiger partial charge in [-0.25, -0.2) is 13.4 Å². The summed E-state index contributed by atoms with van der Waals surface area (Å²) >= 11 is 6.04. The molecule has 2 rings (SSSR count). The van der Waals surface area contributed by atoms with Crippen molar-refractivity contribution in [3.63, 3.8) is 0 Å². The molecule has 0 fully saturated rings. The third-order valence-electron chi connectivity index (χ3n) is 3.73. The van der Waals surface area contributed by atoms with Crippen molar-refractivity contribution in [2.75, 3.05) is 6.26 Å². The van der Waals surface area contributed by atoms with E-state index in [1.807, 2.05) is 6.07 Å². The van der Waals surface area contributed by atoms with E-state index in [9.17, 15) is 8.42 Å². The van der Waals surface area contributed by atoms with Gasteiger partial charge in [-0.1, -0.05) is 26.3 Å².